The van der Waals surface area contributed by atoms with Gasteiger partial charge in [0.2, 0.25) is 0 Å². The summed E-state index contributed by atoms with van der Waals surface area (Å²) in [5, 5.41) is 0. The number of esters is 2. The third-order valence-corrected chi connectivity index (χ3v) is 2.59. The summed E-state index contributed by atoms with van der Waals surface area (Å²) in [7, 11) is 2.69. The third kappa shape index (κ3) is 5.52. The molecule has 0 bridgehead atoms. The van der Waals surface area contributed by atoms with Gasteiger partial charge >= 0.3 is 11.9 Å². The molecule has 0 aliphatic rings. The largest absolute Gasteiger partial charge is 0.469 e. The Kier molecular flexibility index (Phi) is 6.40. The van der Waals surface area contributed by atoms with Crippen molar-refractivity contribution >= 4 is 23.7 Å². The van der Waals surface area contributed by atoms with Crippen LogP contribution in [0.1, 0.15) is 6.92 Å². The van der Waals surface area contributed by atoms with Crippen LogP contribution in [0.15, 0.2) is 0 Å². The molecule has 0 aliphatic carbocycles. The van der Waals surface area contributed by atoms with Crippen LogP contribution in [0.25, 0.3) is 0 Å². The van der Waals surface area contributed by atoms with E-state index in [0.717, 1.165) is 0 Å². The van der Waals surface area contributed by atoms with Crippen molar-refractivity contribution in [3.63, 3.8) is 0 Å². The van der Waals surface area contributed by atoms with Crippen LogP contribution in [-0.4, -0.2) is 37.7 Å². The normalized spacial score (nSPS) is 11.9. The molecular formula is C8H14O4S. The molecular weight excluding hydrogens is 192 g/mol. The molecule has 1 unspecified atom stereocenters. The first-order valence-electron chi connectivity index (χ1n) is 3.84. The second-order valence-corrected chi connectivity index (χ2v) is 3.55. The van der Waals surface area contributed by atoms with Crippen molar-refractivity contribution in [2.45, 2.75) is 6.92 Å². The van der Waals surface area contributed by atoms with Crippen molar-refractivity contribution in [3.05, 3.63) is 0 Å². The van der Waals surface area contributed by atoms with Crippen molar-refractivity contribution in [1.82, 2.24) is 0 Å². The second kappa shape index (κ2) is 6.77. The summed E-state index contributed by atoms with van der Waals surface area (Å²) in [6.45, 7) is 1.76. The minimum atomic E-state index is -0.276. The summed E-state index contributed by atoms with van der Waals surface area (Å²) in [6.07, 6.45) is 0. The van der Waals surface area contributed by atoms with Crippen LogP contribution in [-0.2, 0) is 19.1 Å². The van der Waals surface area contributed by atoms with E-state index < -0.39 is 0 Å². The van der Waals surface area contributed by atoms with Gasteiger partial charge in [-0.05, 0) is 0 Å². The van der Waals surface area contributed by atoms with E-state index in [1.54, 1.807) is 6.92 Å². The van der Waals surface area contributed by atoms with E-state index >= 15 is 0 Å². The quantitative estimate of drug-likeness (QED) is 0.620. The Morgan fingerprint density at radius 3 is 2.38 bits per heavy atom. The standard InChI is InChI=1S/C8H14O4S/c1-6(8(10)12-3)4-13-5-7(9)11-2/h6H,4-5H2,1-3H3. The van der Waals surface area contributed by atoms with E-state index in [0.29, 0.717) is 5.75 Å². The fourth-order valence-electron chi connectivity index (χ4n) is 0.647. The predicted molar refractivity (Wildman–Crippen MR) is 50.5 cm³/mol. The molecule has 0 aliphatic heterocycles. The van der Waals surface area contributed by atoms with Crippen molar-refractivity contribution in [2.24, 2.45) is 5.92 Å². The molecule has 0 radical (unpaired) electrons. The Hall–Kier alpha value is -0.710. The van der Waals surface area contributed by atoms with Crippen LogP contribution in [0.2, 0.25) is 0 Å². The van der Waals surface area contributed by atoms with Gasteiger partial charge in [0.25, 0.3) is 0 Å². The number of carbonyl (C=O) groups excluding carboxylic acids is 2. The number of ether oxygens (including phenoxy) is 2. The van der Waals surface area contributed by atoms with Crippen LogP contribution < -0.4 is 0 Å². The van der Waals surface area contributed by atoms with E-state index in [-0.39, 0.29) is 23.6 Å². The zero-order chi connectivity index (χ0) is 10.3. The topological polar surface area (TPSA) is 52.6 Å². The Morgan fingerprint density at radius 1 is 1.31 bits per heavy atom. The van der Waals surface area contributed by atoms with Crippen LogP contribution in [0.3, 0.4) is 0 Å². The van der Waals surface area contributed by atoms with Crippen molar-refractivity contribution in [2.75, 3.05) is 25.7 Å². The maximum absolute atomic E-state index is 10.9. The molecule has 0 heterocycles. The summed E-state index contributed by atoms with van der Waals surface area (Å²) in [5.74, 6) is 0.138. The first-order chi connectivity index (χ1) is 6.11. The van der Waals surface area contributed by atoms with E-state index in [2.05, 4.69) is 9.47 Å². The van der Waals surface area contributed by atoms with Gasteiger partial charge < -0.3 is 9.47 Å². The molecule has 0 aromatic carbocycles. The van der Waals surface area contributed by atoms with Gasteiger partial charge in [-0.1, -0.05) is 6.92 Å². The second-order valence-electron chi connectivity index (χ2n) is 2.52. The Balaban J connectivity index is 3.53. The summed E-state index contributed by atoms with van der Waals surface area (Å²) in [5.41, 5.74) is 0. The monoisotopic (exact) mass is 206 g/mol. The Morgan fingerprint density at radius 2 is 1.92 bits per heavy atom. The summed E-state index contributed by atoms with van der Waals surface area (Å²) >= 11 is 1.36. The molecule has 0 saturated carbocycles. The highest BCUT2D eigenvalue weighted by molar-refractivity contribution is 7.99. The van der Waals surface area contributed by atoms with Crippen LogP contribution in [0, 0.1) is 5.92 Å². The first kappa shape index (κ1) is 12.3. The van der Waals surface area contributed by atoms with Gasteiger partial charge in [0.05, 0.1) is 25.9 Å². The summed E-state index contributed by atoms with van der Waals surface area (Å²) in [4.78, 5) is 21.6. The minimum absolute atomic E-state index is 0.181. The lowest BCUT2D eigenvalue weighted by atomic mass is 10.2. The molecule has 0 amide bonds. The Labute approximate surface area is 82.0 Å². The van der Waals surface area contributed by atoms with Crippen LogP contribution in [0.4, 0.5) is 0 Å². The van der Waals surface area contributed by atoms with Crippen molar-refractivity contribution < 1.29 is 19.1 Å². The Bertz CT molecular complexity index is 181. The van der Waals surface area contributed by atoms with Crippen LogP contribution >= 0.6 is 11.8 Å². The fraction of sp³-hybridized carbons (Fsp3) is 0.750. The van der Waals surface area contributed by atoms with Crippen LogP contribution in [0.5, 0.6) is 0 Å². The molecule has 0 saturated heterocycles. The predicted octanol–water partition coefficient (Wildman–Crippen LogP) is 0.702. The molecule has 0 fully saturated rings. The van der Waals surface area contributed by atoms with Gasteiger partial charge in [-0.15, -0.1) is 11.8 Å². The number of carbonyl (C=O) groups is 2. The smallest absolute Gasteiger partial charge is 0.315 e. The maximum atomic E-state index is 10.9. The molecule has 4 nitrogen and oxygen atoms in total. The average Bonchev–Trinajstić information content (AvgIpc) is 2.15. The molecule has 0 spiro atoms. The maximum Gasteiger partial charge on any atom is 0.315 e. The van der Waals surface area contributed by atoms with E-state index in [1.165, 1.54) is 26.0 Å². The van der Waals surface area contributed by atoms with Crippen molar-refractivity contribution in [1.29, 1.82) is 0 Å². The van der Waals surface area contributed by atoms with Gasteiger partial charge in [0, 0.05) is 5.75 Å². The fourth-order valence-corrected chi connectivity index (χ4v) is 1.54. The van der Waals surface area contributed by atoms with E-state index in [1.807, 2.05) is 0 Å². The molecule has 5 heteroatoms. The zero-order valence-corrected chi connectivity index (χ0v) is 8.85. The third-order valence-electron chi connectivity index (χ3n) is 1.42. The van der Waals surface area contributed by atoms with E-state index in [9.17, 15) is 9.59 Å². The highest BCUT2D eigenvalue weighted by atomic mass is 32.2. The number of thioether (sulfide) groups is 1. The van der Waals surface area contributed by atoms with Gasteiger partial charge in [0.15, 0.2) is 0 Å². The van der Waals surface area contributed by atoms with Gasteiger partial charge in [-0.2, -0.15) is 0 Å². The highest BCUT2D eigenvalue weighted by Crippen LogP contribution is 2.09. The lowest BCUT2D eigenvalue weighted by Gasteiger charge is -2.07. The molecule has 0 aromatic heterocycles. The number of methoxy groups -OCH3 is 2. The molecule has 0 rings (SSSR count). The molecule has 1 atom stereocenters. The van der Waals surface area contributed by atoms with Crippen molar-refractivity contribution in [3.8, 4) is 0 Å². The zero-order valence-electron chi connectivity index (χ0n) is 8.03. The summed E-state index contributed by atoms with van der Waals surface area (Å²) < 4.78 is 8.97. The lowest BCUT2D eigenvalue weighted by Crippen LogP contribution is -2.16. The molecule has 76 valence electrons. The minimum Gasteiger partial charge on any atom is -0.469 e. The van der Waals surface area contributed by atoms with E-state index in [4.69, 9.17) is 0 Å². The lowest BCUT2D eigenvalue weighted by molar-refractivity contribution is -0.144. The summed E-state index contributed by atoms with van der Waals surface area (Å²) in [6, 6.07) is 0. The number of rotatable bonds is 5. The SMILES string of the molecule is COC(=O)CSCC(C)C(=O)OC. The average molecular weight is 206 g/mol. The van der Waals surface area contributed by atoms with Gasteiger partial charge in [0.1, 0.15) is 0 Å². The first-order valence-corrected chi connectivity index (χ1v) is 4.99. The molecule has 13 heavy (non-hydrogen) atoms. The van der Waals surface area contributed by atoms with Gasteiger partial charge in [-0.3, -0.25) is 9.59 Å². The number of hydrogen-bond donors (Lipinski definition) is 0. The highest BCUT2D eigenvalue weighted by Gasteiger charge is 2.13. The van der Waals surface area contributed by atoms with Gasteiger partial charge in [-0.25, -0.2) is 0 Å². The molecule has 0 N–H and O–H groups in total. The number of hydrogen-bond acceptors (Lipinski definition) is 5. The molecule has 0 aromatic rings.